The van der Waals surface area contributed by atoms with Crippen LogP contribution in [0.5, 0.6) is 0 Å². The lowest BCUT2D eigenvalue weighted by Gasteiger charge is -2.31. The van der Waals surface area contributed by atoms with Crippen LogP contribution in [-0.4, -0.2) is 63.6 Å². The van der Waals surface area contributed by atoms with Crippen LogP contribution in [0.4, 0.5) is 23.1 Å². The third-order valence-electron chi connectivity index (χ3n) is 4.57. The zero-order valence-corrected chi connectivity index (χ0v) is 18.1. The van der Waals surface area contributed by atoms with Crippen molar-refractivity contribution >= 4 is 35.1 Å². The molecule has 0 saturated heterocycles. The average molecular weight is 427 g/mol. The zero-order valence-electron chi connectivity index (χ0n) is 18.1. The van der Waals surface area contributed by atoms with Crippen molar-refractivity contribution in [2.24, 2.45) is 0 Å². The molecule has 0 saturated carbocycles. The second kappa shape index (κ2) is 9.43. The van der Waals surface area contributed by atoms with Crippen molar-refractivity contribution < 1.29 is 23.8 Å². The maximum Gasteiger partial charge on any atom is 0.355 e. The molecule has 0 spiro atoms. The van der Waals surface area contributed by atoms with Crippen molar-refractivity contribution in [1.29, 1.82) is 0 Å². The summed E-state index contributed by atoms with van der Waals surface area (Å²) in [5.41, 5.74) is 2.44. The lowest BCUT2D eigenvalue weighted by Crippen LogP contribution is -2.38. The van der Waals surface area contributed by atoms with Gasteiger partial charge in [0.1, 0.15) is 18.2 Å². The molecule has 1 aromatic heterocycles. The summed E-state index contributed by atoms with van der Waals surface area (Å²) in [7, 11) is 6.33. The summed E-state index contributed by atoms with van der Waals surface area (Å²) in [6.45, 7) is 1.95. The van der Waals surface area contributed by atoms with Gasteiger partial charge in [0.05, 0.1) is 26.4 Å². The van der Waals surface area contributed by atoms with Crippen molar-refractivity contribution in [3.63, 3.8) is 0 Å². The summed E-state index contributed by atoms with van der Waals surface area (Å²) in [5.74, 6) is -0.0203. The molecule has 0 atom stereocenters. The number of carbonyl (C=O) groups excluding carboxylic acids is 2. The van der Waals surface area contributed by atoms with E-state index in [1.54, 1.807) is 17.0 Å². The molecule has 10 heteroatoms. The average Bonchev–Trinajstić information content (AvgIpc) is 2.77. The molecule has 0 amide bonds. The second-order valence-corrected chi connectivity index (χ2v) is 6.97. The number of ether oxygens (including phenoxy) is 3. The normalized spacial score (nSPS) is 13.6. The second-order valence-electron chi connectivity index (χ2n) is 6.97. The minimum absolute atomic E-state index is 0.0356. The number of benzene rings is 1. The lowest BCUT2D eigenvalue weighted by molar-refractivity contribution is -0.140. The van der Waals surface area contributed by atoms with Crippen LogP contribution in [0, 0.1) is 6.92 Å². The van der Waals surface area contributed by atoms with E-state index in [9.17, 15) is 9.59 Å². The largest absolute Gasteiger partial charge is 0.466 e. The first-order valence-corrected chi connectivity index (χ1v) is 9.49. The molecule has 0 unspecified atom stereocenters. The highest BCUT2D eigenvalue weighted by Gasteiger charge is 2.32. The van der Waals surface area contributed by atoms with Gasteiger partial charge in [0, 0.05) is 37.2 Å². The third kappa shape index (κ3) is 4.92. The summed E-state index contributed by atoms with van der Waals surface area (Å²) in [6.07, 6.45) is 0. The zero-order chi connectivity index (χ0) is 22.5. The van der Waals surface area contributed by atoms with E-state index >= 15 is 0 Å². The Morgan fingerprint density at radius 3 is 2.39 bits per heavy atom. The maximum absolute atomic E-state index is 12.4. The number of anilines is 4. The van der Waals surface area contributed by atoms with Gasteiger partial charge < -0.3 is 29.3 Å². The molecule has 0 fully saturated rings. The van der Waals surface area contributed by atoms with E-state index in [1.807, 2.05) is 44.1 Å². The number of nitrogens with zero attached hydrogens (tertiary/aromatic N) is 4. The van der Waals surface area contributed by atoms with Crippen LogP contribution in [-0.2, 0) is 23.8 Å². The Labute approximate surface area is 180 Å². The topological polar surface area (TPSA) is 106 Å². The van der Waals surface area contributed by atoms with Gasteiger partial charge in [0.15, 0.2) is 0 Å². The standard InChI is InChI=1S/C21H25N5O5/c1-13-10-17(25(2)3)24-21(22-13)23-14-6-8-15(9-7-14)26-12-31-11-16(19(27)29-4)18(26)20(28)30-5/h6-10H,11-12H2,1-5H3,(H,22,23,24). The van der Waals surface area contributed by atoms with Crippen LogP contribution < -0.4 is 15.1 Å². The Morgan fingerprint density at radius 1 is 1.10 bits per heavy atom. The van der Waals surface area contributed by atoms with E-state index < -0.39 is 11.9 Å². The number of esters is 2. The molecule has 0 bridgehead atoms. The van der Waals surface area contributed by atoms with Crippen LogP contribution in [0.3, 0.4) is 0 Å². The van der Waals surface area contributed by atoms with Crippen LogP contribution in [0.25, 0.3) is 0 Å². The first kappa shape index (κ1) is 22.0. The highest BCUT2D eigenvalue weighted by atomic mass is 16.5. The molecule has 1 aliphatic heterocycles. The van der Waals surface area contributed by atoms with E-state index in [1.165, 1.54) is 14.2 Å². The molecule has 2 aromatic rings. The number of aryl methyl sites for hydroxylation is 1. The van der Waals surface area contributed by atoms with Crippen molar-refractivity contribution in [3.05, 3.63) is 47.3 Å². The van der Waals surface area contributed by atoms with E-state index in [0.29, 0.717) is 11.6 Å². The fourth-order valence-electron chi connectivity index (χ4n) is 3.04. The van der Waals surface area contributed by atoms with E-state index in [0.717, 1.165) is 17.2 Å². The number of carbonyl (C=O) groups is 2. The highest BCUT2D eigenvalue weighted by Crippen LogP contribution is 2.28. The van der Waals surface area contributed by atoms with Crippen LogP contribution in [0.15, 0.2) is 41.6 Å². The molecule has 1 aliphatic rings. The molecule has 0 radical (unpaired) electrons. The Balaban J connectivity index is 1.88. The summed E-state index contributed by atoms with van der Waals surface area (Å²) in [4.78, 5) is 36.9. The van der Waals surface area contributed by atoms with E-state index in [2.05, 4.69) is 15.3 Å². The predicted molar refractivity (Wildman–Crippen MR) is 115 cm³/mol. The monoisotopic (exact) mass is 427 g/mol. The molecule has 10 nitrogen and oxygen atoms in total. The predicted octanol–water partition coefficient (Wildman–Crippen LogP) is 1.99. The first-order valence-electron chi connectivity index (χ1n) is 9.49. The van der Waals surface area contributed by atoms with Gasteiger partial charge in [0.2, 0.25) is 5.95 Å². The first-order chi connectivity index (χ1) is 14.8. The van der Waals surface area contributed by atoms with Gasteiger partial charge in [-0.05, 0) is 31.2 Å². The van der Waals surface area contributed by atoms with Gasteiger partial charge in [-0.25, -0.2) is 14.6 Å². The van der Waals surface area contributed by atoms with Gasteiger partial charge in [-0.1, -0.05) is 0 Å². The van der Waals surface area contributed by atoms with Gasteiger partial charge in [0.25, 0.3) is 0 Å². The Kier molecular flexibility index (Phi) is 6.71. The van der Waals surface area contributed by atoms with Gasteiger partial charge in [-0.15, -0.1) is 0 Å². The van der Waals surface area contributed by atoms with Crippen molar-refractivity contribution in [1.82, 2.24) is 9.97 Å². The SMILES string of the molecule is COC(=O)C1=C(C(=O)OC)N(c2ccc(Nc3nc(C)cc(N(C)C)n3)cc2)COC1. The molecule has 0 aliphatic carbocycles. The number of methoxy groups -OCH3 is 2. The van der Waals surface area contributed by atoms with Crippen LogP contribution in [0.1, 0.15) is 5.69 Å². The van der Waals surface area contributed by atoms with Crippen molar-refractivity contribution in [3.8, 4) is 0 Å². The molecule has 1 N–H and O–H groups in total. The quantitative estimate of drug-likeness (QED) is 0.688. The molecule has 2 heterocycles. The summed E-state index contributed by atoms with van der Waals surface area (Å²) in [6, 6.07) is 9.11. The van der Waals surface area contributed by atoms with Crippen molar-refractivity contribution in [2.75, 3.05) is 56.8 Å². The van der Waals surface area contributed by atoms with Crippen molar-refractivity contribution in [2.45, 2.75) is 6.92 Å². The fourth-order valence-corrected chi connectivity index (χ4v) is 3.04. The third-order valence-corrected chi connectivity index (χ3v) is 4.57. The molecule has 1 aromatic carbocycles. The molecule has 3 rings (SSSR count). The minimum atomic E-state index is -0.643. The highest BCUT2D eigenvalue weighted by molar-refractivity contribution is 6.03. The van der Waals surface area contributed by atoms with E-state index in [-0.39, 0.29) is 24.6 Å². The minimum Gasteiger partial charge on any atom is -0.466 e. The van der Waals surface area contributed by atoms with Gasteiger partial charge in [-0.3, -0.25) is 0 Å². The molecule has 31 heavy (non-hydrogen) atoms. The van der Waals surface area contributed by atoms with Gasteiger partial charge >= 0.3 is 11.9 Å². The maximum atomic E-state index is 12.4. The lowest BCUT2D eigenvalue weighted by atomic mass is 10.1. The molecular formula is C21H25N5O5. The van der Waals surface area contributed by atoms with Crippen LogP contribution in [0.2, 0.25) is 0 Å². The summed E-state index contributed by atoms with van der Waals surface area (Å²) >= 11 is 0. The number of hydrogen-bond acceptors (Lipinski definition) is 10. The van der Waals surface area contributed by atoms with Gasteiger partial charge in [-0.2, -0.15) is 4.98 Å². The number of aromatic nitrogens is 2. The Morgan fingerprint density at radius 2 is 1.77 bits per heavy atom. The molecule has 164 valence electrons. The Hall–Kier alpha value is -3.66. The Bertz CT molecular complexity index is 1000. The van der Waals surface area contributed by atoms with E-state index in [4.69, 9.17) is 14.2 Å². The summed E-state index contributed by atoms with van der Waals surface area (Å²) in [5, 5.41) is 3.18. The molecular weight excluding hydrogens is 402 g/mol. The van der Waals surface area contributed by atoms with Crippen LogP contribution >= 0.6 is 0 Å². The fraction of sp³-hybridized carbons (Fsp3) is 0.333. The summed E-state index contributed by atoms with van der Waals surface area (Å²) < 4.78 is 15.1. The number of rotatable bonds is 6. The number of hydrogen-bond donors (Lipinski definition) is 1. The number of nitrogens with one attached hydrogen (secondary N) is 1. The smallest absolute Gasteiger partial charge is 0.355 e.